The maximum atomic E-state index is 13.5. The molecule has 0 radical (unpaired) electrons. The standard InChI is InChI=1S/C12H9FINO/c13-9-7-8(15)5-6-11(9)16-12-4-2-1-3-10(12)14/h1-7H,15H2. The molecule has 0 saturated heterocycles. The minimum absolute atomic E-state index is 0.179. The Morgan fingerprint density at radius 2 is 1.81 bits per heavy atom. The van der Waals surface area contributed by atoms with E-state index in [1.165, 1.54) is 12.1 Å². The highest BCUT2D eigenvalue weighted by Gasteiger charge is 2.06. The largest absolute Gasteiger partial charge is 0.453 e. The average molecular weight is 329 g/mol. The third-order valence-corrected chi connectivity index (χ3v) is 2.90. The predicted molar refractivity (Wildman–Crippen MR) is 70.0 cm³/mol. The first-order valence-corrected chi connectivity index (χ1v) is 5.72. The first-order valence-electron chi connectivity index (χ1n) is 4.64. The van der Waals surface area contributed by atoms with E-state index < -0.39 is 5.82 Å². The Hall–Kier alpha value is -1.30. The number of nitrogens with two attached hydrogens (primary N) is 1. The summed E-state index contributed by atoms with van der Waals surface area (Å²) in [6.45, 7) is 0. The third-order valence-electron chi connectivity index (χ3n) is 2.01. The molecule has 0 aliphatic rings. The van der Waals surface area contributed by atoms with Crippen molar-refractivity contribution in [1.29, 1.82) is 0 Å². The maximum absolute atomic E-state index is 13.5. The van der Waals surface area contributed by atoms with Crippen LogP contribution in [0.25, 0.3) is 0 Å². The molecule has 0 aromatic heterocycles. The van der Waals surface area contributed by atoms with Crippen molar-refractivity contribution in [2.24, 2.45) is 0 Å². The van der Waals surface area contributed by atoms with Crippen LogP contribution in [0.1, 0.15) is 0 Å². The number of hydrogen-bond donors (Lipinski definition) is 1. The topological polar surface area (TPSA) is 35.2 Å². The van der Waals surface area contributed by atoms with Gasteiger partial charge in [-0.2, -0.15) is 0 Å². The Labute approximate surface area is 106 Å². The van der Waals surface area contributed by atoms with Crippen LogP contribution in [0.3, 0.4) is 0 Å². The Balaban J connectivity index is 2.31. The number of halogens is 2. The van der Waals surface area contributed by atoms with Gasteiger partial charge < -0.3 is 10.5 Å². The Bertz CT molecular complexity index is 516. The lowest BCUT2D eigenvalue weighted by Gasteiger charge is -2.08. The molecule has 2 aromatic rings. The van der Waals surface area contributed by atoms with Gasteiger partial charge in [-0.1, -0.05) is 12.1 Å². The van der Waals surface area contributed by atoms with E-state index in [0.29, 0.717) is 11.4 Å². The third kappa shape index (κ3) is 2.44. The zero-order chi connectivity index (χ0) is 11.5. The molecule has 0 atom stereocenters. The lowest BCUT2D eigenvalue weighted by atomic mass is 10.3. The molecule has 16 heavy (non-hydrogen) atoms. The van der Waals surface area contributed by atoms with Crippen LogP contribution in [0, 0.1) is 9.39 Å². The number of rotatable bonds is 2. The molecular weight excluding hydrogens is 320 g/mol. The van der Waals surface area contributed by atoms with E-state index >= 15 is 0 Å². The Morgan fingerprint density at radius 1 is 1.06 bits per heavy atom. The maximum Gasteiger partial charge on any atom is 0.167 e. The molecule has 0 amide bonds. The van der Waals surface area contributed by atoms with Gasteiger partial charge in [-0.3, -0.25) is 0 Å². The number of benzene rings is 2. The van der Waals surface area contributed by atoms with Crippen molar-refractivity contribution in [3.63, 3.8) is 0 Å². The number of para-hydroxylation sites is 1. The van der Waals surface area contributed by atoms with E-state index in [4.69, 9.17) is 10.5 Å². The number of hydrogen-bond acceptors (Lipinski definition) is 2. The highest BCUT2D eigenvalue weighted by molar-refractivity contribution is 14.1. The van der Waals surface area contributed by atoms with Gasteiger partial charge >= 0.3 is 0 Å². The normalized spacial score (nSPS) is 10.1. The Kier molecular flexibility index (Phi) is 3.28. The SMILES string of the molecule is Nc1ccc(Oc2ccccc2I)c(F)c1. The summed E-state index contributed by atoms with van der Waals surface area (Å²) >= 11 is 2.13. The summed E-state index contributed by atoms with van der Waals surface area (Å²) in [4.78, 5) is 0. The van der Waals surface area contributed by atoms with Gasteiger partial charge in [-0.15, -0.1) is 0 Å². The molecule has 0 unspecified atom stereocenters. The second-order valence-corrected chi connectivity index (χ2v) is 4.38. The van der Waals surface area contributed by atoms with E-state index in [-0.39, 0.29) is 5.75 Å². The molecule has 2 N–H and O–H groups in total. The van der Waals surface area contributed by atoms with Gasteiger partial charge in [0.25, 0.3) is 0 Å². The van der Waals surface area contributed by atoms with Gasteiger partial charge in [-0.05, 0) is 46.9 Å². The van der Waals surface area contributed by atoms with Gasteiger partial charge in [0.1, 0.15) is 5.75 Å². The summed E-state index contributed by atoms with van der Waals surface area (Å²) in [5.41, 5.74) is 5.84. The van der Waals surface area contributed by atoms with Gasteiger partial charge in [-0.25, -0.2) is 4.39 Å². The molecule has 4 heteroatoms. The fraction of sp³-hybridized carbons (Fsp3) is 0. The van der Waals surface area contributed by atoms with Crippen LogP contribution in [-0.2, 0) is 0 Å². The zero-order valence-electron chi connectivity index (χ0n) is 8.28. The van der Waals surface area contributed by atoms with Crippen LogP contribution in [0.4, 0.5) is 10.1 Å². The number of nitrogen functional groups attached to an aromatic ring is 1. The molecule has 2 rings (SSSR count). The van der Waals surface area contributed by atoms with Gasteiger partial charge in [0.15, 0.2) is 11.6 Å². The molecule has 2 nitrogen and oxygen atoms in total. The zero-order valence-corrected chi connectivity index (χ0v) is 10.4. The fourth-order valence-corrected chi connectivity index (χ4v) is 1.74. The predicted octanol–water partition coefficient (Wildman–Crippen LogP) is 3.80. The van der Waals surface area contributed by atoms with E-state index in [1.54, 1.807) is 12.1 Å². The molecule has 2 aromatic carbocycles. The van der Waals surface area contributed by atoms with Crippen molar-refractivity contribution >= 4 is 28.3 Å². The minimum atomic E-state index is -0.459. The van der Waals surface area contributed by atoms with Crippen LogP contribution in [0.2, 0.25) is 0 Å². The fourth-order valence-electron chi connectivity index (χ4n) is 1.25. The van der Waals surface area contributed by atoms with Gasteiger partial charge in [0, 0.05) is 11.8 Å². The molecule has 0 fully saturated rings. The first kappa shape index (κ1) is 11.2. The molecule has 0 saturated carbocycles. The number of ether oxygens (including phenoxy) is 1. The van der Waals surface area contributed by atoms with Crippen LogP contribution in [-0.4, -0.2) is 0 Å². The lowest BCUT2D eigenvalue weighted by Crippen LogP contribution is -1.92. The monoisotopic (exact) mass is 329 g/mol. The second kappa shape index (κ2) is 4.69. The highest BCUT2D eigenvalue weighted by Crippen LogP contribution is 2.28. The van der Waals surface area contributed by atoms with E-state index in [2.05, 4.69) is 22.6 Å². The average Bonchev–Trinajstić information content (AvgIpc) is 2.25. The van der Waals surface area contributed by atoms with Crippen LogP contribution >= 0.6 is 22.6 Å². The Morgan fingerprint density at radius 3 is 2.50 bits per heavy atom. The first-order chi connectivity index (χ1) is 7.66. The summed E-state index contributed by atoms with van der Waals surface area (Å²) in [6.07, 6.45) is 0. The summed E-state index contributed by atoms with van der Waals surface area (Å²) < 4.78 is 19.8. The van der Waals surface area contributed by atoms with Crippen molar-refractivity contribution in [2.75, 3.05) is 5.73 Å². The lowest BCUT2D eigenvalue weighted by molar-refractivity contribution is 0.440. The molecular formula is C12H9FINO. The molecule has 82 valence electrons. The molecule has 0 spiro atoms. The van der Waals surface area contributed by atoms with Crippen LogP contribution in [0.15, 0.2) is 42.5 Å². The molecule has 0 bridgehead atoms. The van der Waals surface area contributed by atoms with E-state index in [9.17, 15) is 4.39 Å². The summed E-state index contributed by atoms with van der Waals surface area (Å²) in [5.74, 6) is 0.352. The summed E-state index contributed by atoms with van der Waals surface area (Å²) in [7, 11) is 0. The number of anilines is 1. The van der Waals surface area contributed by atoms with Crippen molar-refractivity contribution < 1.29 is 9.13 Å². The van der Waals surface area contributed by atoms with E-state index in [0.717, 1.165) is 3.57 Å². The highest BCUT2D eigenvalue weighted by atomic mass is 127. The van der Waals surface area contributed by atoms with E-state index in [1.807, 2.05) is 18.2 Å². The van der Waals surface area contributed by atoms with Gasteiger partial charge in [0.05, 0.1) is 3.57 Å². The van der Waals surface area contributed by atoms with Crippen LogP contribution < -0.4 is 10.5 Å². The molecule has 0 heterocycles. The second-order valence-electron chi connectivity index (χ2n) is 3.22. The molecule has 0 aliphatic carbocycles. The quantitative estimate of drug-likeness (QED) is 0.672. The molecule has 0 aliphatic heterocycles. The van der Waals surface area contributed by atoms with Crippen molar-refractivity contribution in [1.82, 2.24) is 0 Å². The summed E-state index contributed by atoms with van der Waals surface area (Å²) in [5, 5.41) is 0. The minimum Gasteiger partial charge on any atom is -0.453 e. The summed E-state index contributed by atoms with van der Waals surface area (Å²) in [6, 6.07) is 11.8. The van der Waals surface area contributed by atoms with Crippen LogP contribution in [0.5, 0.6) is 11.5 Å². The van der Waals surface area contributed by atoms with Crippen molar-refractivity contribution in [2.45, 2.75) is 0 Å². The van der Waals surface area contributed by atoms with Crippen molar-refractivity contribution in [3.8, 4) is 11.5 Å². The van der Waals surface area contributed by atoms with Crippen molar-refractivity contribution in [3.05, 3.63) is 51.9 Å². The smallest absolute Gasteiger partial charge is 0.167 e. The van der Waals surface area contributed by atoms with Gasteiger partial charge in [0.2, 0.25) is 0 Å².